The lowest BCUT2D eigenvalue weighted by atomic mass is 10.1. The Balaban J connectivity index is 1.69. The first-order chi connectivity index (χ1) is 15.9. The van der Waals surface area contributed by atoms with E-state index in [2.05, 4.69) is 10.4 Å². The maximum Gasteiger partial charge on any atom is 0.286 e. The molecule has 0 aliphatic heterocycles. The van der Waals surface area contributed by atoms with Crippen LogP contribution in [0.3, 0.4) is 0 Å². The fraction of sp³-hybridized carbons (Fsp3) is 0.348. The first-order valence-corrected chi connectivity index (χ1v) is 10.6. The highest BCUT2D eigenvalue weighted by molar-refractivity contribution is 5.99. The highest BCUT2D eigenvalue weighted by atomic mass is 16.6. The van der Waals surface area contributed by atoms with Crippen molar-refractivity contribution in [3.05, 3.63) is 68.1 Å². The Morgan fingerprint density at radius 1 is 1.15 bits per heavy atom. The predicted molar refractivity (Wildman–Crippen MR) is 121 cm³/mol. The molecule has 10 heteroatoms. The fourth-order valence-corrected chi connectivity index (χ4v) is 4.26. The molecule has 1 aromatic heterocycles. The highest BCUT2D eigenvalue weighted by Crippen LogP contribution is 2.34. The minimum atomic E-state index is -0.660. The number of ether oxygens (including phenoxy) is 2. The minimum Gasteiger partial charge on any atom is -0.493 e. The maximum absolute atomic E-state index is 13.0. The largest absolute Gasteiger partial charge is 0.493 e. The summed E-state index contributed by atoms with van der Waals surface area (Å²) < 4.78 is 11.8. The van der Waals surface area contributed by atoms with Crippen LogP contribution in [-0.2, 0) is 6.54 Å². The lowest BCUT2D eigenvalue weighted by Gasteiger charge is -2.16. The topological polar surface area (TPSA) is 126 Å². The molecule has 0 atom stereocenters. The van der Waals surface area contributed by atoms with Gasteiger partial charge < -0.3 is 14.8 Å². The summed E-state index contributed by atoms with van der Waals surface area (Å²) in [6.07, 6.45) is 3.85. The molecule has 1 heterocycles. The Morgan fingerprint density at radius 3 is 2.42 bits per heavy atom. The number of nitrogens with one attached hydrogen (secondary N) is 1. The number of nitrogens with zero attached hydrogens (tertiary/aromatic N) is 3. The molecule has 2 aromatic carbocycles. The summed E-state index contributed by atoms with van der Waals surface area (Å²) in [7, 11) is 2.74. The van der Waals surface area contributed by atoms with Crippen molar-refractivity contribution in [2.24, 2.45) is 0 Å². The Kier molecular flexibility index (Phi) is 6.25. The zero-order valence-corrected chi connectivity index (χ0v) is 18.4. The molecule has 1 saturated carbocycles. The number of hydrogen-bond acceptors (Lipinski definition) is 7. The van der Waals surface area contributed by atoms with E-state index in [1.807, 2.05) is 0 Å². The monoisotopic (exact) mass is 452 g/mol. The van der Waals surface area contributed by atoms with E-state index >= 15 is 0 Å². The molecule has 0 bridgehead atoms. The van der Waals surface area contributed by atoms with Crippen LogP contribution in [0.25, 0.3) is 10.8 Å². The van der Waals surface area contributed by atoms with E-state index in [0.717, 1.165) is 31.7 Å². The van der Waals surface area contributed by atoms with Gasteiger partial charge >= 0.3 is 0 Å². The molecular weight excluding hydrogens is 428 g/mol. The van der Waals surface area contributed by atoms with E-state index in [1.54, 1.807) is 24.3 Å². The number of methoxy groups -OCH3 is 2. The zero-order valence-electron chi connectivity index (χ0n) is 18.4. The van der Waals surface area contributed by atoms with Gasteiger partial charge in [0.25, 0.3) is 17.2 Å². The summed E-state index contributed by atoms with van der Waals surface area (Å²) in [4.78, 5) is 36.8. The van der Waals surface area contributed by atoms with E-state index in [1.165, 1.54) is 25.0 Å². The number of hydrogen-bond donors (Lipinski definition) is 1. The lowest BCUT2D eigenvalue weighted by molar-refractivity contribution is -0.385. The molecule has 3 aromatic rings. The van der Waals surface area contributed by atoms with Gasteiger partial charge in [-0.3, -0.25) is 19.7 Å². The van der Waals surface area contributed by atoms with E-state index in [-0.39, 0.29) is 35.2 Å². The van der Waals surface area contributed by atoms with Crippen LogP contribution >= 0.6 is 0 Å². The van der Waals surface area contributed by atoms with Crippen molar-refractivity contribution >= 4 is 22.4 Å². The van der Waals surface area contributed by atoms with Crippen LogP contribution in [-0.4, -0.2) is 34.8 Å². The average molecular weight is 452 g/mol. The van der Waals surface area contributed by atoms with Crippen LogP contribution < -0.4 is 20.3 Å². The molecule has 0 unspecified atom stereocenters. The van der Waals surface area contributed by atoms with Gasteiger partial charge in [0.05, 0.1) is 48.9 Å². The molecule has 0 saturated heterocycles. The Morgan fingerprint density at radius 2 is 1.79 bits per heavy atom. The van der Waals surface area contributed by atoms with Gasteiger partial charge in [0.15, 0.2) is 11.5 Å². The molecular formula is C23H24N4O6. The van der Waals surface area contributed by atoms with E-state index in [4.69, 9.17) is 9.47 Å². The molecule has 4 rings (SSSR count). The van der Waals surface area contributed by atoms with Crippen molar-refractivity contribution in [3.63, 3.8) is 0 Å². The second-order valence-electron chi connectivity index (χ2n) is 7.84. The molecule has 1 aliphatic rings. The SMILES string of the molecule is COc1cc(C(=O)NCc2nn(C3CCCC3)c(=O)c3ccccc23)c([N+](=O)[O-])cc1OC. The predicted octanol–water partition coefficient (Wildman–Crippen LogP) is 3.37. The smallest absolute Gasteiger partial charge is 0.286 e. The van der Waals surface area contributed by atoms with E-state index < -0.39 is 16.5 Å². The fourth-order valence-electron chi connectivity index (χ4n) is 4.26. The van der Waals surface area contributed by atoms with Gasteiger partial charge in [-0.1, -0.05) is 31.0 Å². The number of nitro groups is 1. The van der Waals surface area contributed by atoms with Gasteiger partial charge in [-0.05, 0) is 18.9 Å². The van der Waals surface area contributed by atoms with Crippen LogP contribution in [0.15, 0.2) is 41.2 Å². The van der Waals surface area contributed by atoms with Crippen molar-refractivity contribution in [2.75, 3.05) is 14.2 Å². The molecule has 1 fully saturated rings. The van der Waals surface area contributed by atoms with Crippen molar-refractivity contribution in [1.82, 2.24) is 15.1 Å². The van der Waals surface area contributed by atoms with Gasteiger partial charge in [0, 0.05) is 11.5 Å². The molecule has 10 nitrogen and oxygen atoms in total. The van der Waals surface area contributed by atoms with Crippen LogP contribution in [0.5, 0.6) is 11.5 Å². The van der Waals surface area contributed by atoms with E-state index in [9.17, 15) is 19.7 Å². The third-order valence-electron chi connectivity index (χ3n) is 5.94. The van der Waals surface area contributed by atoms with Crippen LogP contribution in [0.2, 0.25) is 0 Å². The summed E-state index contributed by atoms with van der Waals surface area (Å²) in [5.41, 5.74) is -0.193. The second-order valence-corrected chi connectivity index (χ2v) is 7.84. The number of nitro benzene ring substituents is 1. The first-order valence-electron chi connectivity index (χ1n) is 10.6. The summed E-state index contributed by atoms with van der Waals surface area (Å²) in [5, 5.41) is 20.0. The highest BCUT2D eigenvalue weighted by Gasteiger charge is 2.25. The number of fused-ring (bicyclic) bond motifs is 1. The maximum atomic E-state index is 13.0. The third-order valence-corrected chi connectivity index (χ3v) is 5.94. The molecule has 33 heavy (non-hydrogen) atoms. The number of rotatable bonds is 7. The summed E-state index contributed by atoms with van der Waals surface area (Å²) in [6.45, 7) is -0.00214. The molecule has 1 N–H and O–H groups in total. The average Bonchev–Trinajstić information content (AvgIpc) is 3.37. The van der Waals surface area contributed by atoms with Crippen molar-refractivity contribution in [3.8, 4) is 11.5 Å². The first kappa shape index (κ1) is 22.3. The van der Waals surface area contributed by atoms with Crippen LogP contribution in [0, 0.1) is 10.1 Å². The Labute approximate surface area is 189 Å². The summed E-state index contributed by atoms with van der Waals surface area (Å²) >= 11 is 0. The summed E-state index contributed by atoms with van der Waals surface area (Å²) in [5.74, 6) is -0.309. The second kappa shape index (κ2) is 9.27. The van der Waals surface area contributed by atoms with Crippen LogP contribution in [0.4, 0.5) is 5.69 Å². The molecule has 0 spiro atoms. The Hall–Kier alpha value is -3.95. The molecule has 0 radical (unpaired) electrons. The standard InChI is InChI=1S/C23H24N4O6/c1-32-20-11-17(19(27(30)31)12-21(20)33-2)22(28)24-13-18-15-9-5-6-10-16(15)23(29)26(25-18)14-7-3-4-8-14/h5-6,9-12,14H,3-4,7-8,13H2,1-2H3,(H,24,28). The summed E-state index contributed by atoms with van der Waals surface area (Å²) in [6, 6.07) is 9.58. The lowest BCUT2D eigenvalue weighted by Crippen LogP contribution is -2.30. The third kappa shape index (κ3) is 4.23. The van der Waals surface area contributed by atoms with Gasteiger partial charge in [0.1, 0.15) is 5.56 Å². The van der Waals surface area contributed by atoms with Gasteiger partial charge in [-0.2, -0.15) is 5.10 Å². The van der Waals surface area contributed by atoms with Gasteiger partial charge in [0.2, 0.25) is 0 Å². The molecule has 172 valence electrons. The number of aromatic nitrogens is 2. The van der Waals surface area contributed by atoms with Crippen molar-refractivity contribution in [1.29, 1.82) is 0 Å². The normalized spacial score (nSPS) is 13.8. The number of carbonyl (C=O) groups is 1. The zero-order chi connectivity index (χ0) is 23.5. The van der Waals surface area contributed by atoms with Crippen LogP contribution in [0.1, 0.15) is 47.8 Å². The van der Waals surface area contributed by atoms with Gasteiger partial charge in [-0.25, -0.2) is 4.68 Å². The van der Waals surface area contributed by atoms with Gasteiger partial charge in [-0.15, -0.1) is 0 Å². The Bertz CT molecular complexity index is 1280. The number of benzene rings is 2. The number of amides is 1. The quantitative estimate of drug-likeness (QED) is 0.430. The van der Waals surface area contributed by atoms with Crippen molar-refractivity contribution in [2.45, 2.75) is 38.3 Å². The number of carbonyl (C=O) groups excluding carboxylic acids is 1. The van der Waals surface area contributed by atoms with Crippen molar-refractivity contribution < 1.29 is 19.2 Å². The molecule has 1 amide bonds. The molecule has 1 aliphatic carbocycles. The van der Waals surface area contributed by atoms with E-state index in [0.29, 0.717) is 16.5 Å². The minimum absolute atomic E-state index is 0.00214.